The largest absolute Gasteiger partial charge is 0.489 e. The van der Waals surface area contributed by atoms with Crippen LogP contribution in [0.2, 0.25) is 0 Å². The number of aryl methyl sites for hydroxylation is 2. The van der Waals surface area contributed by atoms with Gasteiger partial charge in [-0.05, 0) is 56.5 Å². The highest BCUT2D eigenvalue weighted by atomic mass is 16.7. The lowest BCUT2D eigenvalue weighted by Crippen LogP contribution is -2.59. The Morgan fingerprint density at radius 3 is 2.50 bits per heavy atom. The van der Waals surface area contributed by atoms with Crippen LogP contribution >= 0.6 is 0 Å². The molecule has 1 heterocycles. The SMILES string of the molecule is CC(=O)NC1(/C=C/c2ccc(OCc3cccc(C)c3)c(C)c2)COC(C)(C)OC1. The van der Waals surface area contributed by atoms with E-state index in [9.17, 15) is 4.79 Å². The summed E-state index contributed by atoms with van der Waals surface area (Å²) in [6.45, 7) is 10.6. The summed E-state index contributed by atoms with van der Waals surface area (Å²) in [4.78, 5) is 11.7. The number of hydrogen-bond acceptors (Lipinski definition) is 4. The first-order valence-corrected chi connectivity index (χ1v) is 10.2. The fourth-order valence-corrected chi connectivity index (χ4v) is 3.41. The molecular formula is C25H31NO4. The molecule has 0 aliphatic carbocycles. The third-order valence-corrected chi connectivity index (χ3v) is 5.05. The van der Waals surface area contributed by atoms with E-state index < -0.39 is 11.3 Å². The quantitative estimate of drug-likeness (QED) is 0.760. The van der Waals surface area contributed by atoms with Crippen LogP contribution in [-0.4, -0.2) is 30.4 Å². The Bertz CT molecular complexity index is 922. The zero-order valence-corrected chi connectivity index (χ0v) is 18.5. The molecule has 0 saturated carbocycles. The fourth-order valence-electron chi connectivity index (χ4n) is 3.41. The van der Waals surface area contributed by atoms with E-state index in [4.69, 9.17) is 14.2 Å². The third-order valence-electron chi connectivity index (χ3n) is 5.05. The van der Waals surface area contributed by atoms with E-state index in [1.54, 1.807) is 0 Å². The van der Waals surface area contributed by atoms with E-state index in [1.807, 2.05) is 51.1 Å². The van der Waals surface area contributed by atoms with Crippen LogP contribution in [0.5, 0.6) is 5.75 Å². The van der Waals surface area contributed by atoms with Gasteiger partial charge < -0.3 is 19.5 Å². The van der Waals surface area contributed by atoms with Gasteiger partial charge in [0.1, 0.15) is 17.9 Å². The van der Waals surface area contributed by atoms with Gasteiger partial charge in [-0.25, -0.2) is 0 Å². The average molecular weight is 410 g/mol. The van der Waals surface area contributed by atoms with E-state index in [2.05, 4.69) is 36.5 Å². The maximum absolute atomic E-state index is 11.7. The number of carbonyl (C=O) groups excluding carboxylic acids is 1. The molecule has 1 saturated heterocycles. The molecule has 0 aromatic heterocycles. The second-order valence-corrected chi connectivity index (χ2v) is 8.45. The summed E-state index contributed by atoms with van der Waals surface area (Å²) >= 11 is 0. The van der Waals surface area contributed by atoms with Crippen LogP contribution in [-0.2, 0) is 20.9 Å². The molecule has 160 valence electrons. The standard InChI is InChI=1S/C25H31NO4/c1-18-7-6-8-22(13-18)15-28-23-10-9-21(14-19(23)2)11-12-25(26-20(3)27)16-29-24(4,5)30-17-25/h6-14H,15-17H2,1-5H3,(H,26,27)/b12-11+. The zero-order chi connectivity index (χ0) is 21.8. The Balaban J connectivity index is 1.70. The lowest BCUT2D eigenvalue weighted by Gasteiger charge is -2.42. The second-order valence-electron chi connectivity index (χ2n) is 8.45. The summed E-state index contributed by atoms with van der Waals surface area (Å²) in [5.74, 6) is 0.0850. The smallest absolute Gasteiger partial charge is 0.217 e. The van der Waals surface area contributed by atoms with E-state index in [1.165, 1.54) is 12.5 Å². The number of ether oxygens (including phenoxy) is 3. The first-order chi connectivity index (χ1) is 14.2. The molecule has 30 heavy (non-hydrogen) atoms. The first kappa shape index (κ1) is 22.1. The molecule has 3 rings (SSSR count). The Kier molecular flexibility index (Phi) is 6.64. The first-order valence-electron chi connectivity index (χ1n) is 10.2. The van der Waals surface area contributed by atoms with E-state index >= 15 is 0 Å². The zero-order valence-electron chi connectivity index (χ0n) is 18.5. The molecule has 1 aliphatic heterocycles. The van der Waals surface area contributed by atoms with Gasteiger partial charge in [-0.2, -0.15) is 0 Å². The van der Waals surface area contributed by atoms with Crippen molar-refractivity contribution in [2.24, 2.45) is 0 Å². The van der Waals surface area contributed by atoms with Crippen molar-refractivity contribution in [1.82, 2.24) is 5.32 Å². The van der Waals surface area contributed by atoms with Crippen molar-refractivity contribution in [2.75, 3.05) is 13.2 Å². The highest BCUT2D eigenvalue weighted by molar-refractivity contribution is 5.74. The molecule has 5 heteroatoms. The number of benzene rings is 2. The molecule has 2 aromatic rings. The third kappa shape index (κ3) is 5.94. The molecule has 1 amide bonds. The van der Waals surface area contributed by atoms with Crippen molar-refractivity contribution in [3.05, 3.63) is 70.8 Å². The predicted molar refractivity (Wildman–Crippen MR) is 118 cm³/mol. The number of rotatable bonds is 6. The maximum atomic E-state index is 11.7. The highest BCUT2D eigenvalue weighted by Gasteiger charge is 2.38. The molecular weight excluding hydrogens is 378 g/mol. The Morgan fingerprint density at radius 1 is 1.13 bits per heavy atom. The number of carbonyl (C=O) groups is 1. The van der Waals surface area contributed by atoms with Crippen molar-refractivity contribution in [1.29, 1.82) is 0 Å². The summed E-state index contributed by atoms with van der Waals surface area (Å²) in [5.41, 5.74) is 3.76. The van der Waals surface area contributed by atoms with Crippen LogP contribution < -0.4 is 10.1 Å². The molecule has 0 spiro atoms. The molecule has 0 atom stereocenters. The van der Waals surface area contributed by atoms with Crippen molar-refractivity contribution >= 4 is 12.0 Å². The number of nitrogens with one attached hydrogen (secondary N) is 1. The van der Waals surface area contributed by atoms with Gasteiger partial charge in [-0.15, -0.1) is 0 Å². The Labute approximate surface area is 179 Å². The maximum Gasteiger partial charge on any atom is 0.217 e. The van der Waals surface area contributed by atoms with Gasteiger partial charge in [0.2, 0.25) is 5.91 Å². The number of hydrogen-bond donors (Lipinski definition) is 1. The van der Waals surface area contributed by atoms with Crippen LogP contribution in [0.25, 0.3) is 6.08 Å². The van der Waals surface area contributed by atoms with Gasteiger partial charge in [0.25, 0.3) is 0 Å². The normalized spacial score (nSPS) is 17.6. The molecule has 0 unspecified atom stereocenters. The van der Waals surface area contributed by atoms with Crippen LogP contribution in [0.1, 0.15) is 43.0 Å². The summed E-state index contributed by atoms with van der Waals surface area (Å²) in [5, 5.41) is 2.97. The predicted octanol–water partition coefficient (Wildman–Crippen LogP) is 4.55. The van der Waals surface area contributed by atoms with Gasteiger partial charge >= 0.3 is 0 Å². The monoisotopic (exact) mass is 409 g/mol. The topological polar surface area (TPSA) is 56.8 Å². The highest BCUT2D eigenvalue weighted by Crippen LogP contribution is 2.26. The molecule has 1 fully saturated rings. The van der Waals surface area contributed by atoms with E-state index in [0.717, 1.165) is 22.4 Å². The lowest BCUT2D eigenvalue weighted by molar-refractivity contribution is -0.264. The summed E-state index contributed by atoms with van der Waals surface area (Å²) in [6, 6.07) is 14.4. The summed E-state index contributed by atoms with van der Waals surface area (Å²) < 4.78 is 17.6. The van der Waals surface area contributed by atoms with Crippen LogP contribution in [0.4, 0.5) is 0 Å². The Morgan fingerprint density at radius 2 is 1.87 bits per heavy atom. The van der Waals surface area contributed by atoms with Gasteiger partial charge in [0.15, 0.2) is 5.79 Å². The summed E-state index contributed by atoms with van der Waals surface area (Å²) in [7, 11) is 0. The second kappa shape index (κ2) is 9.02. The lowest BCUT2D eigenvalue weighted by atomic mass is 9.97. The minimum absolute atomic E-state index is 0.123. The van der Waals surface area contributed by atoms with E-state index in [-0.39, 0.29) is 5.91 Å². The fraction of sp³-hybridized carbons (Fsp3) is 0.400. The van der Waals surface area contributed by atoms with Crippen molar-refractivity contribution in [3.63, 3.8) is 0 Å². The van der Waals surface area contributed by atoms with Crippen molar-refractivity contribution in [2.45, 2.75) is 52.6 Å². The molecule has 1 aliphatic rings. The van der Waals surface area contributed by atoms with E-state index in [0.29, 0.717) is 19.8 Å². The van der Waals surface area contributed by atoms with Gasteiger partial charge in [0.05, 0.1) is 13.2 Å². The average Bonchev–Trinajstić information content (AvgIpc) is 2.68. The molecule has 1 N–H and O–H groups in total. The molecule has 0 bridgehead atoms. The molecule has 2 aromatic carbocycles. The van der Waals surface area contributed by atoms with Gasteiger partial charge in [0, 0.05) is 6.92 Å². The molecule has 0 radical (unpaired) electrons. The minimum atomic E-state index is -0.685. The van der Waals surface area contributed by atoms with Gasteiger partial charge in [-0.1, -0.05) is 48.0 Å². The summed E-state index contributed by atoms with van der Waals surface area (Å²) in [6.07, 6.45) is 3.93. The van der Waals surface area contributed by atoms with Crippen LogP contribution in [0.15, 0.2) is 48.5 Å². The van der Waals surface area contributed by atoms with Crippen LogP contribution in [0, 0.1) is 13.8 Å². The van der Waals surface area contributed by atoms with Crippen molar-refractivity contribution in [3.8, 4) is 5.75 Å². The Hall–Kier alpha value is -2.63. The van der Waals surface area contributed by atoms with Crippen LogP contribution in [0.3, 0.4) is 0 Å². The van der Waals surface area contributed by atoms with Gasteiger partial charge in [-0.3, -0.25) is 4.79 Å². The molecule has 5 nitrogen and oxygen atoms in total. The van der Waals surface area contributed by atoms with Crippen molar-refractivity contribution < 1.29 is 19.0 Å². The minimum Gasteiger partial charge on any atom is -0.489 e. The number of amides is 1.